The summed E-state index contributed by atoms with van der Waals surface area (Å²) in [4.78, 5) is 12.3. The first kappa shape index (κ1) is 13.9. The summed E-state index contributed by atoms with van der Waals surface area (Å²) in [7, 11) is 0. The molecule has 3 rings (SSSR count). The van der Waals surface area contributed by atoms with Gasteiger partial charge in [-0.1, -0.05) is 30.3 Å². The molecule has 0 spiro atoms. The molecule has 0 heterocycles. The fourth-order valence-electron chi connectivity index (χ4n) is 2.57. The number of nitrogens with one attached hydrogen (secondary N) is 1. The topological polar surface area (TPSA) is 29.1 Å². The van der Waals surface area contributed by atoms with Crippen molar-refractivity contribution in [3.8, 4) is 0 Å². The number of fused-ring (bicyclic) bond motifs is 1. The summed E-state index contributed by atoms with van der Waals surface area (Å²) in [5.41, 5.74) is 3.03. The van der Waals surface area contributed by atoms with Crippen molar-refractivity contribution in [2.45, 2.75) is 17.8 Å². The van der Waals surface area contributed by atoms with Crippen molar-refractivity contribution in [1.29, 1.82) is 0 Å². The van der Waals surface area contributed by atoms with Crippen LogP contribution in [0.4, 0.5) is 0 Å². The Balaban J connectivity index is 1.83. The van der Waals surface area contributed by atoms with Crippen LogP contribution in [-0.2, 0) is 6.42 Å². The van der Waals surface area contributed by atoms with Crippen molar-refractivity contribution in [2.24, 2.45) is 0 Å². The normalized spacial score (nSPS) is 20.5. The molecule has 4 heteroatoms. The first-order chi connectivity index (χ1) is 9.65. The van der Waals surface area contributed by atoms with Crippen LogP contribution >= 0.6 is 34.2 Å². The van der Waals surface area contributed by atoms with Gasteiger partial charge < -0.3 is 5.32 Å². The van der Waals surface area contributed by atoms with Crippen molar-refractivity contribution in [3.63, 3.8) is 0 Å². The van der Waals surface area contributed by atoms with Crippen LogP contribution in [0.5, 0.6) is 0 Å². The van der Waals surface area contributed by atoms with E-state index < -0.39 is 0 Å². The quantitative estimate of drug-likeness (QED) is 0.604. The minimum atomic E-state index is -0.113. The molecule has 2 unspecified atom stereocenters. The predicted molar refractivity (Wildman–Crippen MR) is 89.2 cm³/mol. The monoisotopic (exact) mass is 397 g/mol. The van der Waals surface area contributed by atoms with E-state index in [0.717, 1.165) is 15.6 Å². The fraction of sp³-hybridized carbons (Fsp3) is 0.188. The van der Waals surface area contributed by atoms with Crippen LogP contribution in [0.2, 0.25) is 0 Å². The van der Waals surface area contributed by atoms with Crippen molar-refractivity contribution in [1.82, 2.24) is 5.32 Å². The molecule has 1 aliphatic carbocycles. The molecule has 1 amide bonds. The number of hydrogen-bond acceptors (Lipinski definition) is 1. The number of carbonyl (C=O) groups is 1. The molecule has 0 radical (unpaired) electrons. The molecule has 1 N–H and O–H groups in total. The van der Waals surface area contributed by atoms with Gasteiger partial charge in [0.25, 0.3) is 5.91 Å². The smallest absolute Gasteiger partial charge is 0.251 e. The van der Waals surface area contributed by atoms with Gasteiger partial charge in [-0.2, -0.15) is 0 Å². The third-order valence-corrected chi connectivity index (χ3v) is 4.62. The predicted octanol–water partition coefficient (Wildman–Crippen LogP) is 3.93. The Hall–Kier alpha value is -1.07. The summed E-state index contributed by atoms with van der Waals surface area (Å²) in [6.07, 6.45) is 0.801. The van der Waals surface area contributed by atoms with E-state index in [9.17, 15) is 4.79 Å². The second kappa shape index (κ2) is 5.74. The molecule has 102 valence electrons. The van der Waals surface area contributed by atoms with E-state index >= 15 is 0 Å². The molecule has 2 aromatic carbocycles. The van der Waals surface area contributed by atoms with E-state index in [-0.39, 0.29) is 17.3 Å². The Morgan fingerprint density at radius 2 is 2.00 bits per heavy atom. The third kappa shape index (κ3) is 2.69. The molecule has 1 aliphatic rings. The standard InChI is InChI=1S/C16H13ClINO/c17-14-9-10-4-1-2-7-13(10)15(14)19-16(20)11-5-3-6-12(18)8-11/h1-8,14-15H,9H2,(H,19,20). The highest BCUT2D eigenvalue weighted by Gasteiger charge is 2.32. The molecule has 0 aliphatic heterocycles. The van der Waals surface area contributed by atoms with Crippen LogP contribution < -0.4 is 5.32 Å². The molecule has 2 nitrogen and oxygen atoms in total. The van der Waals surface area contributed by atoms with Gasteiger partial charge in [-0.25, -0.2) is 0 Å². The molecule has 0 bridgehead atoms. The maximum absolute atomic E-state index is 12.3. The number of rotatable bonds is 2. The van der Waals surface area contributed by atoms with Gasteiger partial charge in [0.1, 0.15) is 0 Å². The third-order valence-electron chi connectivity index (χ3n) is 3.54. The van der Waals surface area contributed by atoms with Crippen molar-refractivity contribution in [3.05, 3.63) is 68.8 Å². The van der Waals surface area contributed by atoms with E-state index in [0.29, 0.717) is 5.56 Å². The van der Waals surface area contributed by atoms with E-state index in [1.54, 1.807) is 0 Å². The van der Waals surface area contributed by atoms with Gasteiger partial charge in [0.15, 0.2) is 0 Å². The molecule has 2 aromatic rings. The Kier molecular flexibility index (Phi) is 3.98. The van der Waals surface area contributed by atoms with Crippen molar-refractivity contribution < 1.29 is 4.79 Å². The van der Waals surface area contributed by atoms with Crippen LogP contribution in [0.15, 0.2) is 48.5 Å². The molecule has 2 atom stereocenters. The largest absolute Gasteiger partial charge is 0.344 e. The lowest BCUT2D eigenvalue weighted by Gasteiger charge is -2.17. The SMILES string of the molecule is O=C(NC1c2ccccc2CC1Cl)c1cccc(I)c1. The fourth-order valence-corrected chi connectivity index (χ4v) is 3.48. The maximum atomic E-state index is 12.3. The zero-order valence-electron chi connectivity index (χ0n) is 10.6. The maximum Gasteiger partial charge on any atom is 0.251 e. The highest BCUT2D eigenvalue weighted by molar-refractivity contribution is 14.1. The van der Waals surface area contributed by atoms with Gasteiger partial charge in [-0.3, -0.25) is 4.79 Å². The summed E-state index contributed by atoms with van der Waals surface area (Å²) in [5.74, 6) is -0.0733. The van der Waals surface area contributed by atoms with Crippen molar-refractivity contribution in [2.75, 3.05) is 0 Å². The number of amides is 1. The number of hydrogen-bond donors (Lipinski definition) is 1. The van der Waals surface area contributed by atoms with Gasteiger partial charge in [-0.05, 0) is 58.3 Å². The lowest BCUT2D eigenvalue weighted by Crippen LogP contribution is -2.31. The minimum absolute atomic E-state index is 0.0733. The minimum Gasteiger partial charge on any atom is -0.344 e. The van der Waals surface area contributed by atoms with Gasteiger partial charge in [0.2, 0.25) is 0 Å². The second-order valence-corrected chi connectivity index (χ2v) is 6.69. The van der Waals surface area contributed by atoms with Gasteiger partial charge in [0.05, 0.1) is 11.4 Å². The van der Waals surface area contributed by atoms with Crippen LogP contribution in [0.3, 0.4) is 0 Å². The van der Waals surface area contributed by atoms with E-state index in [1.165, 1.54) is 5.56 Å². The Bertz CT molecular complexity index is 658. The van der Waals surface area contributed by atoms with E-state index in [2.05, 4.69) is 34.0 Å². The van der Waals surface area contributed by atoms with Crippen molar-refractivity contribution >= 4 is 40.1 Å². The number of carbonyl (C=O) groups excluding carboxylic acids is 1. The average molecular weight is 398 g/mol. The zero-order chi connectivity index (χ0) is 14.1. The summed E-state index contributed by atoms with van der Waals surface area (Å²) in [5, 5.41) is 2.97. The summed E-state index contributed by atoms with van der Waals surface area (Å²) >= 11 is 8.59. The highest BCUT2D eigenvalue weighted by Crippen LogP contribution is 2.34. The zero-order valence-corrected chi connectivity index (χ0v) is 13.6. The van der Waals surface area contributed by atoms with Crippen LogP contribution in [0, 0.1) is 3.57 Å². The number of halogens is 2. The van der Waals surface area contributed by atoms with E-state index in [4.69, 9.17) is 11.6 Å². The van der Waals surface area contributed by atoms with Crippen LogP contribution in [-0.4, -0.2) is 11.3 Å². The molecule has 0 saturated heterocycles. The molecule has 0 saturated carbocycles. The molecular formula is C16H13ClINO. The number of benzene rings is 2. The highest BCUT2D eigenvalue weighted by atomic mass is 127. The van der Waals surface area contributed by atoms with Crippen LogP contribution in [0.25, 0.3) is 0 Å². The van der Waals surface area contributed by atoms with E-state index in [1.807, 2.05) is 42.5 Å². The van der Waals surface area contributed by atoms with Gasteiger partial charge in [0, 0.05) is 9.13 Å². The Labute approximate surface area is 136 Å². The Morgan fingerprint density at radius 1 is 1.20 bits per heavy atom. The Morgan fingerprint density at radius 3 is 2.80 bits per heavy atom. The number of alkyl halides is 1. The lowest BCUT2D eigenvalue weighted by molar-refractivity contribution is 0.0937. The first-order valence-corrected chi connectivity index (χ1v) is 7.95. The molecular weight excluding hydrogens is 385 g/mol. The van der Waals surface area contributed by atoms with Crippen LogP contribution in [0.1, 0.15) is 27.5 Å². The molecule has 0 fully saturated rings. The van der Waals surface area contributed by atoms with Gasteiger partial charge >= 0.3 is 0 Å². The summed E-state index contributed by atoms with van der Waals surface area (Å²) < 4.78 is 1.05. The second-order valence-electron chi connectivity index (χ2n) is 4.88. The average Bonchev–Trinajstić information content (AvgIpc) is 2.75. The summed E-state index contributed by atoms with van der Waals surface area (Å²) in [6, 6.07) is 15.5. The molecule has 0 aromatic heterocycles. The summed E-state index contributed by atoms with van der Waals surface area (Å²) in [6.45, 7) is 0. The molecule has 20 heavy (non-hydrogen) atoms. The van der Waals surface area contributed by atoms with Gasteiger partial charge in [-0.15, -0.1) is 11.6 Å². The first-order valence-electron chi connectivity index (χ1n) is 6.43. The lowest BCUT2D eigenvalue weighted by atomic mass is 10.1.